The van der Waals surface area contributed by atoms with Crippen LogP contribution in [-0.2, 0) is 0 Å². The number of hydrogen-bond donors (Lipinski definition) is 0. The van der Waals surface area contributed by atoms with E-state index < -0.39 is 5.82 Å². The van der Waals surface area contributed by atoms with Crippen molar-refractivity contribution >= 4 is 21.8 Å². The zero-order valence-electron chi connectivity index (χ0n) is 9.33. The molecule has 0 atom stereocenters. The number of carbonyl (C=O) groups is 1. The minimum atomic E-state index is -0.412. The standard InChI is InChI=1S/C13H13BrFNO/c1-2-7-16(10-4-5-10)13(17)9-3-6-11(14)12(15)8-9/h2-3,6,8,10H,1,4-5,7H2. The van der Waals surface area contributed by atoms with Gasteiger partial charge in [-0.1, -0.05) is 6.08 Å². The molecular formula is C13H13BrFNO. The van der Waals surface area contributed by atoms with Gasteiger partial charge in [-0.05, 0) is 47.0 Å². The second-order valence-electron chi connectivity index (χ2n) is 4.11. The molecule has 0 aliphatic heterocycles. The Kier molecular flexibility index (Phi) is 3.62. The second-order valence-corrected chi connectivity index (χ2v) is 4.96. The molecule has 1 aromatic rings. The van der Waals surface area contributed by atoms with Gasteiger partial charge in [-0.25, -0.2) is 4.39 Å². The second kappa shape index (κ2) is 5.00. The first-order valence-corrected chi connectivity index (χ1v) is 6.29. The molecule has 0 N–H and O–H groups in total. The molecule has 1 fully saturated rings. The largest absolute Gasteiger partial charge is 0.332 e. The summed E-state index contributed by atoms with van der Waals surface area (Å²) in [6, 6.07) is 4.76. The van der Waals surface area contributed by atoms with E-state index in [2.05, 4.69) is 22.5 Å². The molecule has 2 nitrogen and oxygen atoms in total. The zero-order valence-corrected chi connectivity index (χ0v) is 10.9. The lowest BCUT2D eigenvalue weighted by Crippen LogP contribution is -2.33. The lowest BCUT2D eigenvalue weighted by molar-refractivity contribution is 0.0762. The van der Waals surface area contributed by atoms with E-state index >= 15 is 0 Å². The molecule has 0 bridgehead atoms. The lowest BCUT2D eigenvalue weighted by atomic mass is 10.2. The van der Waals surface area contributed by atoms with E-state index in [1.54, 1.807) is 23.1 Å². The van der Waals surface area contributed by atoms with E-state index in [1.807, 2.05) is 0 Å². The molecule has 4 heteroatoms. The number of nitrogens with zero attached hydrogens (tertiary/aromatic N) is 1. The highest BCUT2D eigenvalue weighted by Gasteiger charge is 2.32. The third-order valence-electron chi connectivity index (χ3n) is 2.74. The Bertz CT molecular complexity index is 457. The third kappa shape index (κ3) is 2.75. The minimum absolute atomic E-state index is 0.126. The van der Waals surface area contributed by atoms with Crippen LogP contribution in [0.3, 0.4) is 0 Å². The normalized spacial score (nSPS) is 14.5. The summed E-state index contributed by atoms with van der Waals surface area (Å²) in [6.45, 7) is 4.16. The highest BCUT2D eigenvalue weighted by molar-refractivity contribution is 9.10. The van der Waals surface area contributed by atoms with Crippen molar-refractivity contribution in [2.75, 3.05) is 6.54 Å². The molecule has 0 saturated heterocycles. The van der Waals surface area contributed by atoms with Gasteiger partial charge in [0.25, 0.3) is 5.91 Å². The van der Waals surface area contributed by atoms with Crippen LogP contribution in [0.25, 0.3) is 0 Å². The molecular weight excluding hydrogens is 285 g/mol. The van der Waals surface area contributed by atoms with Gasteiger partial charge in [0, 0.05) is 18.2 Å². The maximum absolute atomic E-state index is 13.4. The Labute approximate surface area is 108 Å². The fourth-order valence-corrected chi connectivity index (χ4v) is 1.96. The first kappa shape index (κ1) is 12.3. The quantitative estimate of drug-likeness (QED) is 0.780. The molecule has 0 aromatic heterocycles. The van der Waals surface area contributed by atoms with Crippen LogP contribution in [0.1, 0.15) is 23.2 Å². The average molecular weight is 298 g/mol. The molecule has 1 aromatic carbocycles. The third-order valence-corrected chi connectivity index (χ3v) is 3.38. The number of rotatable bonds is 4. The molecule has 0 unspecified atom stereocenters. The van der Waals surface area contributed by atoms with Gasteiger partial charge in [-0.15, -0.1) is 6.58 Å². The van der Waals surface area contributed by atoms with Crippen LogP contribution >= 0.6 is 15.9 Å². The van der Waals surface area contributed by atoms with Crippen molar-refractivity contribution in [3.8, 4) is 0 Å². The van der Waals surface area contributed by atoms with E-state index in [0.29, 0.717) is 22.6 Å². The first-order valence-electron chi connectivity index (χ1n) is 5.50. The predicted molar refractivity (Wildman–Crippen MR) is 68.4 cm³/mol. The summed E-state index contributed by atoms with van der Waals surface area (Å²) in [5.41, 5.74) is 0.388. The minimum Gasteiger partial charge on any atom is -0.332 e. The Morgan fingerprint density at radius 1 is 1.59 bits per heavy atom. The SMILES string of the molecule is C=CCN(C(=O)c1ccc(Br)c(F)c1)C1CC1. The van der Waals surface area contributed by atoms with E-state index in [0.717, 1.165) is 12.8 Å². The number of hydrogen-bond acceptors (Lipinski definition) is 1. The van der Waals surface area contributed by atoms with Crippen LogP contribution in [-0.4, -0.2) is 23.4 Å². The topological polar surface area (TPSA) is 20.3 Å². The van der Waals surface area contributed by atoms with Crippen molar-refractivity contribution in [3.63, 3.8) is 0 Å². The lowest BCUT2D eigenvalue weighted by Gasteiger charge is -2.20. The molecule has 2 rings (SSSR count). The monoisotopic (exact) mass is 297 g/mol. The van der Waals surface area contributed by atoms with Crippen molar-refractivity contribution < 1.29 is 9.18 Å². The maximum Gasteiger partial charge on any atom is 0.254 e. The predicted octanol–water partition coefficient (Wildman–Crippen LogP) is 3.38. The molecule has 0 radical (unpaired) electrons. The van der Waals surface area contributed by atoms with Gasteiger partial charge in [-0.3, -0.25) is 4.79 Å². The summed E-state index contributed by atoms with van der Waals surface area (Å²) in [4.78, 5) is 13.9. The smallest absolute Gasteiger partial charge is 0.254 e. The Morgan fingerprint density at radius 2 is 2.29 bits per heavy atom. The van der Waals surface area contributed by atoms with Crippen molar-refractivity contribution in [2.24, 2.45) is 0 Å². The number of carbonyl (C=O) groups excluding carboxylic acids is 1. The van der Waals surface area contributed by atoms with Crippen LogP contribution in [0.4, 0.5) is 4.39 Å². The summed E-state index contributed by atoms with van der Waals surface area (Å²) in [7, 11) is 0. The molecule has 17 heavy (non-hydrogen) atoms. The van der Waals surface area contributed by atoms with Crippen molar-refractivity contribution in [1.82, 2.24) is 4.90 Å². The summed E-state index contributed by atoms with van der Waals surface area (Å²) in [5, 5.41) is 0. The molecule has 1 saturated carbocycles. The molecule has 0 heterocycles. The molecule has 0 spiro atoms. The summed E-state index contributed by atoms with van der Waals surface area (Å²) < 4.78 is 13.7. The summed E-state index contributed by atoms with van der Waals surface area (Å²) in [6.07, 6.45) is 3.75. The van der Waals surface area contributed by atoms with Gasteiger partial charge in [0.1, 0.15) is 5.82 Å². The van der Waals surface area contributed by atoms with Crippen molar-refractivity contribution in [1.29, 1.82) is 0 Å². The van der Waals surface area contributed by atoms with Gasteiger partial charge >= 0.3 is 0 Å². The zero-order chi connectivity index (χ0) is 12.4. The van der Waals surface area contributed by atoms with Gasteiger partial charge in [0.05, 0.1) is 4.47 Å². The van der Waals surface area contributed by atoms with Gasteiger partial charge in [-0.2, -0.15) is 0 Å². The van der Waals surface area contributed by atoms with Crippen molar-refractivity contribution in [2.45, 2.75) is 18.9 Å². The van der Waals surface area contributed by atoms with Gasteiger partial charge in [0.15, 0.2) is 0 Å². The highest BCUT2D eigenvalue weighted by atomic mass is 79.9. The Morgan fingerprint density at radius 3 is 2.82 bits per heavy atom. The van der Waals surface area contributed by atoms with Crippen LogP contribution < -0.4 is 0 Å². The average Bonchev–Trinajstić information content (AvgIpc) is 3.13. The van der Waals surface area contributed by atoms with Gasteiger partial charge in [0.2, 0.25) is 0 Å². The number of amides is 1. The number of benzene rings is 1. The molecule has 1 aliphatic rings. The van der Waals surface area contributed by atoms with E-state index in [4.69, 9.17) is 0 Å². The van der Waals surface area contributed by atoms with E-state index in [1.165, 1.54) is 6.07 Å². The van der Waals surface area contributed by atoms with Crippen LogP contribution in [0.5, 0.6) is 0 Å². The Balaban J connectivity index is 2.21. The van der Waals surface area contributed by atoms with Crippen molar-refractivity contribution in [3.05, 3.63) is 46.7 Å². The fourth-order valence-electron chi connectivity index (χ4n) is 1.72. The Hall–Kier alpha value is -1.16. The van der Waals surface area contributed by atoms with Crippen LogP contribution in [0.15, 0.2) is 35.3 Å². The van der Waals surface area contributed by atoms with Gasteiger partial charge < -0.3 is 4.90 Å². The highest BCUT2D eigenvalue weighted by Crippen LogP contribution is 2.28. The molecule has 90 valence electrons. The van der Waals surface area contributed by atoms with E-state index in [9.17, 15) is 9.18 Å². The number of halogens is 2. The summed E-state index contributed by atoms with van der Waals surface area (Å²) >= 11 is 3.07. The summed E-state index contributed by atoms with van der Waals surface area (Å²) in [5.74, 6) is -0.538. The van der Waals surface area contributed by atoms with E-state index in [-0.39, 0.29) is 5.91 Å². The molecule has 1 amide bonds. The molecule has 1 aliphatic carbocycles. The fraction of sp³-hybridized carbons (Fsp3) is 0.308. The van der Waals surface area contributed by atoms with Crippen LogP contribution in [0.2, 0.25) is 0 Å². The first-order chi connectivity index (χ1) is 8.13. The van der Waals surface area contributed by atoms with Crippen LogP contribution in [0, 0.1) is 5.82 Å². The maximum atomic E-state index is 13.4.